The first-order valence-corrected chi connectivity index (χ1v) is 9.72. The highest BCUT2D eigenvalue weighted by atomic mass is 32.1. The molecule has 1 fully saturated rings. The number of nitro benzene ring substituents is 1. The first kappa shape index (κ1) is 17.5. The maximum Gasteiger partial charge on any atom is 0.416 e. The summed E-state index contributed by atoms with van der Waals surface area (Å²) in [4.78, 5) is 38.4. The normalized spacial score (nSPS) is 14.9. The Bertz CT molecular complexity index is 1150. The Morgan fingerprint density at radius 2 is 2.17 bits per heavy atom. The SMILES string of the molecule is O=C1OCCN1c1nc2c(s1)-c1nc(Nc3cccc([N+](=O)[O-])c3)ncc1CC2. The maximum absolute atomic E-state index is 11.9. The summed E-state index contributed by atoms with van der Waals surface area (Å²) in [7, 11) is 0. The topological polar surface area (TPSA) is 123 Å². The molecule has 0 atom stereocenters. The van der Waals surface area contributed by atoms with Crippen LogP contribution in [0, 0.1) is 10.1 Å². The molecule has 1 amide bonds. The van der Waals surface area contributed by atoms with Crippen LogP contribution in [0.5, 0.6) is 0 Å². The lowest BCUT2D eigenvalue weighted by Gasteiger charge is -2.14. The number of thiazole rings is 1. The molecular formula is C18H14N6O4S. The minimum atomic E-state index is -0.451. The van der Waals surface area contributed by atoms with E-state index in [1.807, 2.05) is 0 Å². The minimum Gasteiger partial charge on any atom is -0.447 e. The van der Waals surface area contributed by atoms with Crippen LogP contribution in [-0.2, 0) is 17.6 Å². The number of aromatic nitrogens is 3. The number of nitrogens with zero attached hydrogens (tertiary/aromatic N) is 5. The van der Waals surface area contributed by atoms with Gasteiger partial charge in [-0.15, -0.1) is 0 Å². The van der Waals surface area contributed by atoms with E-state index in [9.17, 15) is 14.9 Å². The lowest BCUT2D eigenvalue weighted by Crippen LogP contribution is -2.23. The van der Waals surface area contributed by atoms with E-state index in [0.29, 0.717) is 29.9 Å². The van der Waals surface area contributed by atoms with Crippen LogP contribution in [0.15, 0.2) is 30.5 Å². The Morgan fingerprint density at radius 3 is 2.97 bits per heavy atom. The number of carbonyl (C=O) groups is 1. The Morgan fingerprint density at radius 1 is 1.28 bits per heavy atom. The molecule has 146 valence electrons. The summed E-state index contributed by atoms with van der Waals surface area (Å²) in [6.45, 7) is 0.848. The number of hydrogen-bond acceptors (Lipinski definition) is 9. The van der Waals surface area contributed by atoms with Gasteiger partial charge < -0.3 is 10.1 Å². The van der Waals surface area contributed by atoms with Gasteiger partial charge in [0.1, 0.15) is 6.61 Å². The number of carbonyl (C=O) groups excluding carboxylic acids is 1. The van der Waals surface area contributed by atoms with Crippen molar-refractivity contribution in [3.05, 3.63) is 51.8 Å². The number of nitro groups is 1. The number of aryl methyl sites for hydroxylation is 2. The number of fused-ring (bicyclic) bond motifs is 3. The van der Waals surface area contributed by atoms with Crippen LogP contribution in [-0.4, -0.2) is 39.1 Å². The van der Waals surface area contributed by atoms with E-state index in [0.717, 1.165) is 34.7 Å². The van der Waals surface area contributed by atoms with Crippen LogP contribution >= 0.6 is 11.3 Å². The molecule has 0 bridgehead atoms. The van der Waals surface area contributed by atoms with E-state index in [1.54, 1.807) is 18.3 Å². The van der Waals surface area contributed by atoms with Crippen molar-refractivity contribution >= 4 is 39.9 Å². The van der Waals surface area contributed by atoms with Gasteiger partial charge in [0.25, 0.3) is 5.69 Å². The first-order chi connectivity index (χ1) is 14.1. The van der Waals surface area contributed by atoms with Gasteiger partial charge in [0.2, 0.25) is 5.95 Å². The van der Waals surface area contributed by atoms with Gasteiger partial charge >= 0.3 is 6.09 Å². The predicted octanol–water partition coefficient (Wildman–Crippen LogP) is 3.31. The number of cyclic esters (lactones) is 1. The number of anilines is 3. The van der Waals surface area contributed by atoms with E-state index >= 15 is 0 Å². The summed E-state index contributed by atoms with van der Waals surface area (Å²) >= 11 is 1.41. The molecule has 29 heavy (non-hydrogen) atoms. The predicted molar refractivity (Wildman–Crippen MR) is 106 cm³/mol. The zero-order valence-electron chi connectivity index (χ0n) is 15.0. The average Bonchev–Trinajstić information content (AvgIpc) is 3.34. The van der Waals surface area contributed by atoms with Crippen molar-refractivity contribution in [2.75, 3.05) is 23.4 Å². The smallest absolute Gasteiger partial charge is 0.416 e. The van der Waals surface area contributed by atoms with E-state index in [1.165, 1.54) is 28.4 Å². The van der Waals surface area contributed by atoms with Crippen molar-refractivity contribution in [1.29, 1.82) is 0 Å². The minimum absolute atomic E-state index is 0.0140. The summed E-state index contributed by atoms with van der Waals surface area (Å²) in [6.07, 6.45) is 2.89. The number of nitrogens with one attached hydrogen (secondary N) is 1. The summed E-state index contributed by atoms with van der Waals surface area (Å²) in [5, 5.41) is 14.6. The second-order valence-electron chi connectivity index (χ2n) is 6.54. The van der Waals surface area contributed by atoms with Gasteiger partial charge in [-0.1, -0.05) is 17.4 Å². The summed E-state index contributed by atoms with van der Waals surface area (Å²) < 4.78 is 5.00. The highest BCUT2D eigenvalue weighted by molar-refractivity contribution is 7.19. The average molecular weight is 410 g/mol. The molecular weight excluding hydrogens is 396 g/mol. The van der Waals surface area contributed by atoms with E-state index in [4.69, 9.17) is 4.74 Å². The molecule has 2 aromatic heterocycles. The molecule has 1 N–H and O–H groups in total. The number of hydrogen-bond donors (Lipinski definition) is 1. The molecule has 0 spiro atoms. The number of amides is 1. The molecule has 5 rings (SSSR count). The lowest BCUT2D eigenvalue weighted by molar-refractivity contribution is -0.384. The van der Waals surface area contributed by atoms with E-state index in [2.05, 4.69) is 20.3 Å². The second kappa shape index (κ2) is 6.78. The highest BCUT2D eigenvalue weighted by Gasteiger charge is 2.30. The van der Waals surface area contributed by atoms with Crippen LogP contribution in [0.25, 0.3) is 10.6 Å². The third kappa shape index (κ3) is 3.14. The highest BCUT2D eigenvalue weighted by Crippen LogP contribution is 2.40. The van der Waals surface area contributed by atoms with Crippen molar-refractivity contribution in [2.24, 2.45) is 0 Å². The maximum atomic E-state index is 11.9. The van der Waals surface area contributed by atoms with Crippen molar-refractivity contribution < 1.29 is 14.5 Å². The molecule has 0 saturated carbocycles. The third-order valence-corrected chi connectivity index (χ3v) is 5.83. The Kier molecular flexibility index (Phi) is 4.09. The number of non-ortho nitro benzene ring substituents is 1. The molecule has 1 aromatic carbocycles. The Labute approximate surface area is 168 Å². The molecule has 1 aliphatic carbocycles. The van der Waals surface area contributed by atoms with Gasteiger partial charge in [-0.3, -0.25) is 10.1 Å². The van der Waals surface area contributed by atoms with Crippen molar-refractivity contribution in [3.63, 3.8) is 0 Å². The number of benzene rings is 1. The van der Waals surface area contributed by atoms with Crippen LogP contribution < -0.4 is 10.2 Å². The molecule has 11 heteroatoms. The van der Waals surface area contributed by atoms with Gasteiger partial charge in [-0.05, 0) is 24.5 Å². The molecule has 0 radical (unpaired) electrons. The number of ether oxygens (including phenoxy) is 1. The fourth-order valence-electron chi connectivity index (χ4n) is 3.30. The van der Waals surface area contributed by atoms with Crippen LogP contribution in [0.4, 0.5) is 27.2 Å². The van der Waals surface area contributed by atoms with Gasteiger partial charge in [0, 0.05) is 24.0 Å². The molecule has 3 aromatic rings. The number of rotatable bonds is 4. The summed E-state index contributed by atoms with van der Waals surface area (Å²) in [5.41, 5.74) is 3.18. The van der Waals surface area contributed by atoms with Crippen molar-refractivity contribution in [3.8, 4) is 10.6 Å². The summed E-state index contributed by atoms with van der Waals surface area (Å²) in [5.74, 6) is 0.340. The molecule has 1 saturated heterocycles. The van der Waals surface area contributed by atoms with Gasteiger partial charge in [0.15, 0.2) is 5.13 Å². The standard InChI is InChI=1S/C18H14N6O4S/c25-18-23(6-7-28-18)17-21-13-5-4-10-9-19-16(22-14(10)15(13)29-17)20-11-2-1-3-12(8-11)24(26)27/h1-3,8-9H,4-7H2,(H,19,20,22). The zero-order chi connectivity index (χ0) is 20.0. The Balaban J connectivity index is 1.48. The third-order valence-electron chi connectivity index (χ3n) is 4.70. The van der Waals surface area contributed by atoms with Crippen molar-refractivity contribution in [2.45, 2.75) is 12.8 Å². The molecule has 0 unspecified atom stereocenters. The van der Waals surface area contributed by atoms with Crippen LogP contribution in [0.2, 0.25) is 0 Å². The quantitative estimate of drug-likeness (QED) is 0.513. The Hall–Kier alpha value is -3.60. The lowest BCUT2D eigenvalue weighted by atomic mass is 10.00. The molecule has 1 aliphatic heterocycles. The largest absolute Gasteiger partial charge is 0.447 e. The fraction of sp³-hybridized carbons (Fsp3) is 0.222. The van der Waals surface area contributed by atoms with E-state index < -0.39 is 4.92 Å². The first-order valence-electron chi connectivity index (χ1n) is 8.90. The monoisotopic (exact) mass is 410 g/mol. The van der Waals surface area contributed by atoms with Crippen LogP contribution in [0.3, 0.4) is 0 Å². The van der Waals surface area contributed by atoms with Crippen molar-refractivity contribution in [1.82, 2.24) is 15.0 Å². The van der Waals surface area contributed by atoms with Gasteiger partial charge in [-0.25, -0.2) is 24.6 Å². The summed E-state index contributed by atoms with van der Waals surface area (Å²) in [6, 6.07) is 6.16. The van der Waals surface area contributed by atoms with E-state index in [-0.39, 0.29) is 11.8 Å². The molecule has 2 aliphatic rings. The molecule has 3 heterocycles. The van der Waals surface area contributed by atoms with Gasteiger partial charge in [0.05, 0.1) is 27.7 Å². The second-order valence-corrected chi connectivity index (χ2v) is 7.52. The molecule has 10 nitrogen and oxygen atoms in total. The van der Waals surface area contributed by atoms with Crippen LogP contribution in [0.1, 0.15) is 11.3 Å². The van der Waals surface area contributed by atoms with Gasteiger partial charge in [-0.2, -0.15) is 0 Å². The zero-order valence-corrected chi connectivity index (χ0v) is 15.8. The fourth-order valence-corrected chi connectivity index (χ4v) is 4.46.